The van der Waals surface area contributed by atoms with E-state index in [2.05, 4.69) is 20.8 Å². The van der Waals surface area contributed by atoms with E-state index in [0.717, 1.165) is 38.0 Å². The Morgan fingerprint density at radius 3 is 1.68 bits per heavy atom. The molecular weight excluding hydrogens is 480 g/mol. The highest BCUT2D eigenvalue weighted by Crippen LogP contribution is 2.60. The summed E-state index contributed by atoms with van der Waals surface area (Å²) in [4.78, 5) is 24.6. The molecule has 0 saturated heterocycles. The van der Waals surface area contributed by atoms with E-state index >= 15 is 0 Å². The zero-order chi connectivity index (χ0) is 28.8. The predicted molar refractivity (Wildman–Crippen MR) is 149 cm³/mol. The van der Waals surface area contributed by atoms with E-state index < -0.39 is 22.2 Å². The van der Waals surface area contributed by atoms with Gasteiger partial charge in [0.05, 0.1) is 22.0 Å². The first-order valence-electron chi connectivity index (χ1n) is 15.2. The van der Waals surface area contributed by atoms with Gasteiger partial charge in [0, 0.05) is 19.3 Å². The molecule has 0 radical (unpaired) electrons. The molecule has 0 amide bonds. The topological polar surface area (TPSA) is 93.1 Å². The molecule has 5 saturated carbocycles. The van der Waals surface area contributed by atoms with Crippen molar-refractivity contribution in [3.05, 3.63) is 0 Å². The first-order valence-corrected chi connectivity index (χ1v) is 15.2. The van der Waals surface area contributed by atoms with Gasteiger partial charge < -0.3 is 19.7 Å². The second-order valence-electron chi connectivity index (χ2n) is 15.5. The predicted octanol–water partition coefficient (Wildman–Crippen LogP) is 6.74. The van der Waals surface area contributed by atoms with E-state index in [1.165, 1.54) is 25.7 Å². The summed E-state index contributed by atoms with van der Waals surface area (Å²) in [6.45, 7) is 18.2. The summed E-state index contributed by atoms with van der Waals surface area (Å²) in [5.41, 5.74) is -3.51. The molecule has 220 valence electrons. The van der Waals surface area contributed by atoms with Crippen LogP contribution in [0.1, 0.15) is 139 Å². The molecule has 38 heavy (non-hydrogen) atoms. The molecule has 2 N–H and O–H groups in total. The van der Waals surface area contributed by atoms with Crippen LogP contribution in [0, 0.1) is 28.6 Å². The molecule has 6 nitrogen and oxygen atoms in total. The molecular formula is C32H56O6. The molecule has 0 heterocycles. The Morgan fingerprint density at radius 1 is 0.763 bits per heavy atom. The van der Waals surface area contributed by atoms with Crippen molar-refractivity contribution in [2.24, 2.45) is 28.6 Å². The number of aliphatic hydroxyl groups is 2. The Labute approximate surface area is 231 Å². The highest BCUT2D eigenvalue weighted by molar-refractivity contribution is 5.76. The summed E-state index contributed by atoms with van der Waals surface area (Å²) in [5, 5.41) is 21.3. The molecule has 5 rings (SSSR count). The van der Waals surface area contributed by atoms with Crippen LogP contribution in [0.3, 0.4) is 0 Å². The first-order chi connectivity index (χ1) is 17.3. The fraction of sp³-hybridized carbons (Fsp3) is 0.938. The number of rotatable bonds is 7. The van der Waals surface area contributed by atoms with Gasteiger partial charge in [0.25, 0.3) is 0 Å². The quantitative estimate of drug-likeness (QED) is 0.350. The molecule has 2 atom stereocenters. The van der Waals surface area contributed by atoms with Gasteiger partial charge in [-0.2, -0.15) is 0 Å². The van der Waals surface area contributed by atoms with Crippen LogP contribution in [0.25, 0.3) is 0 Å². The fourth-order valence-electron chi connectivity index (χ4n) is 7.40. The van der Waals surface area contributed by atoms with Gasteiger partial charge in [-0.3, -0.25) is 9.59 Å². The Balaban J connectivity index is 0.000000212. The Morgan fingerprint density at radius 2 is 1.24 bits per heavy atom. The molecule has 4 bridgehead atoms. The van der Waals surface area contributed by atoms with Gasteiger partial charge in [-0.15, -0.1) is 0 Å². The smallest absolute Gasteiger partial charge is 0.312 e. The summed E-state index contributed by atoms with van der Waals surface area (Å²) in [6.07, 6.45) is 10.2. The van der Waals surface area contributed by atoms with Gasteiger partial charge in [-0.05, 0) is 104 Å². The lowest BCUT2D eigenvalue weighted by molar-refractivity contribution is -0.264. The Bertz CT molecular complexity index is 847. The summed E-state index contributed by atoms with van der Waals surface area (Å²) >= 11 is 0. The minimum absolute atomic E-state index is 0.0476. The molecule has 5 aliphatic rings. The lowest BCUT2D eigenvalue weighted by Crippen LogP contribution is -2.67. The number of hydrogen-bond acceptors (Lipinski definition) is 6. The Kier molecular flexibility index (Phi) is 8.83. The summed E-state index contributed by atoms with van der Waals surface area (Å²) in [6, 6.07) is 0. The number of esters is 2. The van der Waals surface area contributed by atoms with Crippen molar-refractivity contribution in [1.82, 2.24) is 0 Å². The lowest BCUT2D eigenvalue weighted by atomic mass is 9.50. The van der Waals surface area contributed by atoms with E-state index in [9.17, 15) is 19.8 Å². The Hall–Kier alpha value is -1.14. The SMILES string of the molecule is CCC(C)(C)C(=O)OC(C)(C)C1CCC(C)CC1.CCC(C)(C)C(=O)OC12CC3CC(O)(CC(O)(C3)C1)C2. The van der Waals surface area contributed by atoms with Crippen LogP contribution in [-0.2, 0) is 19.1 Å². The van der Waals surface area contributed by atoms with Crippen LogP contribution >= 0.6 is 0 Å². The largest absolute Gasteiger partial charge is 0.459 e. The van der Waals surface area contributed by atoms with Gasteiger partial charge in [-0.25, -0.2) is 0 Å². The third-order valence-corrected chi connectivity index (χ3v) is 10.5. The molecule has 0 aliphatic heterocycles. The fourth-order valence-corrected chi connectivity index (χ4v) is 7.40. The number of carbonyl (C=O) groups is 2. The highest BCUT2D eigenvalue weighted by Gasteiger charge is 2.64. The minimum Gasteiger partial charge on any atom is -0.459 e. The summed E-state index contributed by atoms with van der Waals surface area (Å²) in [7, 11) is 0. The van der Waals surface area contributed by atoms with E-state index in [4.69, 9.17) is 9.47 Å². The summed E-state index contributed by atoms with van der Waals surface area (Å²) < 4.78 is 11.7. The van der Waals surface area contributed by atoms with Crippen molar-refractivity contribution in [1.29, 1.82) is 0 Å². The monoisotopic (exact) mass is 536 g/mol. The van der Waals surface area contributed by atoms with Gasteiger partial charge in [0.15, 0.2) is 0 Å². The van der Waals surface area contributed by atoms with E-state index in [1.54, 1.807) is 0 Å². The van der Waals surface area contributed by atoms with Crippen LogP contribution in [0.2, 0.25) is 0 Å². The standard InChI is InChI=1S/C16H26O4.C16H30O2/c1-4-13(2,3)12(17)20-16-7-11-5-14(18,9-16)8-15(19,6-11)10-16;1-7-15(3,4)14(17)18-16(5,6)13-10-8-12(2)9-11-13/h11,18-19H,4-10H2,1-3H3;12-13H,7-11H2,1-6H3. The van der Waals surface area contributed by atoms with Crippen LogP contribution < -0.4 is 0 Å². The molecule has 5 aliphatic carbocycles. The molecule has 5 fully saturated rings. The van der Waals surface area contributed by atoms with Crippen molar-refractivity contribution in [3.8, 4) is 0 Å². The zero-order valence-electron chi connectivity index (χ0n) is 25.7. The number of ether oxygens (including phenoxy) is 2. The second-order valence-corrected chi connectivity index (χ2v) is 15.5. The average molecular weight is 537 g/mol. The molecule has 0 aromatic rings. The molecule has 6 heteroatoms. The maximum atomic E-state index is 12.4. The van der Waals surface area contributed by atoms with Gasteiger partial charge in [-0.1, -0.05) is 33.6 Å². The van der Waals surface area contributed by atoms with Crippen molar-refractivity contribution < 1.29 is 29.3 Å². The molecule has 0 spiro atoms. The maximum Gasteiger partial charge on any atom is 0.312 e. The van der Waals surface area contributed by atoms with Gasteiger partial charge in [0.2, 0.25) is 0 Å². The van der Waals surface area contributed by atoms with Gasteiger partial charge in [0.1, 0.15) is 11.2 Å². The van der Waals surface area contributed by atoms with Crippen molar-refractivity contribution in [2.75, 3.05) is 0 Å². The lowest BCUT2D eigenvalue weighted by Gasteiger charge is -2.62. The van der Waals surface area contributed by atoms with Crippen LogP contribution in [0.5, 0.6) is 0 Å². The van der Waals surface area contributed by atoms with Crippen LogP contribution in [0.4, 0.5) is 0 Å². The molecule has 2 unspecified atom stereocenters. The van der Waals surface area contributed by atoms with E-state index in [-0.39, 0.29) is 28.9 Å². The van der Waals surface area contributed by atoms with Crippen LogP contribution in [0.15, 0.2) is 0 Å². The van der Waals surface area contributed by atoms with Crippen molar-refractivity contribution in [2.45, 2.75) is 162 Å². The van der Waals surface area contributed by atoms with Crippen molar-refractivity contribution >= 4 is 11.9 Å². The van der Waals surface area contributed by atoms with E-state index in [1.807, 2.05) is 41.5 Å². The zero-order valence-corrected chi connectivity index (χ0v) is 25.7. The number of carbonyl (C=O) groups excluding carboxylic acids is 2. The second kappa shape index (κ2) is 10.7. The summed E-state index contributed by atoms with van der Waals surface area (Å²) in [5.74, 6) is 1.38. The highest BCUT2D eigenvalue weighted by atomic mass is 16.6. The first kappa shape index (κ1) is 31.4. The molecule has 0 aromatic carbocycles. The van der Waals surface area contributed by atoms with Crippen molar-refractivity contribution in [3.63, 3.8) is 0 Å². The average Bonchev–Trinajstić information content (AvgIpc) is 2.76. The van der Waals surface area contributed by atoms with Gasteiger partial charge >= 0.3 is 11.9 Å². The third kappa shape index (κ3) is 6.95. The third-order valence-electron chi connectivity index (χ3n) is 10.5. The van der Waals surface area contributed by atoms with Crippen LogP contribution in [-0.4, -0.2) is 44.6 Å². The maximum absolute atomic E-state index is 12.4. The normalized spacial score (nSPS) is 36.8. The van der Waals surface area contributed by atoms with E-state index in [0.29, 0.717) is 25.2 Å². The number of hydrogen-bond donors (Lipinski definition) is 2. The minimum atomic E-state index is -0.842. The molecule has 0 aromatic heterocycles.